The quantitative estimate of drug-likeness (QED) is 0.456. The van der Waals surface area contributed by atoms with Crippen molar-refractivity contribution in [1.29, 1.82) is 0 Å². The molecule has 6 nitrogen and oxygen atoms in total. The van der Waals surface area contributed by atoms with Gasteiger partial charge in [-0.3, -0.25) is 9.36 Å². The number of fused-ring (bicyclic) bond motifs is 1. The fourth-order valence-electron chi connectivity index (χ4n) is 4.16. The molecule has 0 fully saturated rings. The summed E-state index contributed by atoms with van der Waals surface area (Å²) in [6, 6.07) is 6.14. The third kappa shape index (κ3) is 5.46. The van der Waals surface area contributed by atoms with Gasteiger partial charge in [0.15, 0.2) is 0 Å². The fraction of sp³-hybridized carbons (Fsp3) is 0.435. The molecular weight excluding hydrogens is 420 g/mol. The van der Waals surface area contributed by atoms with Crippen molar-refractivity contribution in [2.75, 3.05) is 6.16 Å². The molecule has 0 aliphatic carbocycles. The van der Waals surface area contributed by atoms with Crippen LogP contribution in [0.4, 0.5) is 4.39 Å². The Morgan fingerprint density at radius 2 is 1.94 bits per heavy atom. The summed E-state index contributed by atoms with van der Waals surface area (Å²) >= 11 is 0. The SMILES string of the molecule is CC(C)c1c(C#CP(=O)(O)CC(O)CC(=O)O)c(-c2ccc(F)cc2)c2n1CCCC2. The first kappa shape index (κ1) is 23.3. The van der Waals surface area contributed by atoms with Crippen LogP contribution in [0.2, 0.25) is 0 Å². The van der Waals surface area contributed by atoms with E-state index in [1.54, 1.807) is 12.1 Å². The summed E-state index contributed by atoms with van der Waals surface area (Å²) in [4.78, 5) is 21.0. The number of carboxylic acid groups (broad SMARTS) is 1. The molecule has 0 bridgehead atoms. The molecular formula is C23H27FNO5P. The van der Waals surface area contributed by atoms with Gasteiger partial charge >= 0.3 is 5.97 Å². The van der Waals surface area contributed by atoms with Crippen molar-refractivity contribution in [3.63, 3.8) is 0 Å². The molecule has 3 N–H and O–H groups in total. The zero-order valence-corrected chi connectivity index (χ0v) is 18.5. The van der Waals surface area contributed by atoms with Gasteiger partial charge in [0.2, 0.25) is 0 Å². The molecule has 2 unspecified atom stereocenters. The van der Waals surface area contributed by atoms with Crippen LogP contribution in [0.1, 0.15) is 56.0 Å². The van der Waals surface area contributed by atoms with Gasteiger partial charge in [0.05, 0.1) is 24.3 Å². The van der Waals surface area contributed by atoms with E-state index in [0.717, 1.165) is 48.3 Å². The summed E-state index contributed by atoms with van der Waals surface area (Å²) in [5.41, 5.74) is 6.76. The van der Waals surface area contributed by atoms with Crippen LogP contribution in [0.15, 0.2) is 24.3 Å². The van der Waals surface area contributed by atoms with Crippen LogP contribution in [-0.2, 0) is 22.3 Å². The first-order chi connectivity index (χ1) is 14.6. The molecule has 0 amide bonds. The van der Waals surface area contributed by atoms with E-state index in [2.05, 4.69) is 16.1 Å². The average Bonchev–Trinajstić information content (AvgIpc) is 3.00. The first-order valence-corrected chi connectivity index (χ1v) is 12.2. The van der Waals surface area contributed by atoms with E-state index in [9.17, 15) is 23.7 Å². The van der Waals surface area contributed by atoms with Gasteiger partial charge in [-0.2, -0.15) is 0 Å². The topological polar surface area (TPSA) is 99.8 Å². The van der Waals surface area contributed by atoms with Crippen LogP contribution < -0.4 is 0 Å². The Hall–Kier alpha value is -2.39. The highest BCUT2D eigenvalue weighted by molar-refractivity contribution is 7.63. The zero-order valence-electron chi connectivity index (χ0n) is 17.6. The normalized spacial score (nSPS) is 16.2. The molecule has 31 heavy (non-hydrogen) atoms. The lowest BCUT2D eigenvalue weighted by molar-refractivity contribution is -0.138. The van der Waals surface area contributed by atoms with Crippen molar-refractivity contribution >= 4 is 13.3 Å². The van der Waals surface area contributed by atoms with Crippen LogP contribution in [0.25, 0.3) is 11.1 Å². The van der Waals surface area contributed by atoms with E-state index in [4.69, 9.17) is 5.11 Å². The van der Waals surface area contributed by atoms with E-state index in [1.807, 2.05) is 13.8 Å². The minimum atomic E-state index is -4.09. The van der Waals surface area contributed by atoms with Gasteiger partial charge in [-0.05, 0) is 48.5 Å². The Morgan fingerprint density at radius 3 is 2.55 bits per heavy atom. The van der Waals surface area contributed by atoms with Gasteiger partial charge in [0.25, 0.3) is 7.37 Å². The van der Waals surface area contributed by atoms with Crippen molar-refractivity contribution < 1.29 is 28.9 Å². The minimum Gasteiger partial charge on any atom is -0.481 e. The number of carbonyl (C=O) groups is 1. The van der Waals surface area contributed by atoms with E-state index in [1.165, 1.54) is 12.1 Å². The number of aromatic nitrogens is 1. The number of benzene rings is 1. The van der Waals surface area contributed by atoms with E-state index in [0.29, 0.717) is 5.56 Å². The molecule has 1 aromatic carbocycles. The molecule has 2 aromatic rings. The maximum Gasteiger partial charge on any atom is 0.305 e. The Balaban J connectivity index is 2.12. The van der Waals surface area contributed by atoms with E-state index < -0.39 is 32.0 Å². The number of hydrogen-bond acceptors (Lipinski definition) is 3. The van der Waals surface area contributed by atoms with Crippen molar-refractivity contribution in [2.24, 2.45) is 0 Å². The average molecular weight is 447 g/mol. The second kappa shape index (κ2) is 9.40. The van der Waals surface area contributed by atoms with Gasteiger partial charge < -0.3 is 19.7 Å². The molecule has 2 heterocycles. The van der Waals surface area contributed by atoms with Gasteiger partial charge in [-0.25, -0.2) is 4.39 Å². The summed E-state index contributed by atoms with van der Waals surface area (Å²) in [6.07, 6.45) is 0.195. The monoisotopic (exact) mass is 447 g/mol. The van der Waals surface area contributed by atoms with Crippen LogP contribution in [0, 0.1) is 17.4 Å². The number of aliphatic hydroxyl groups excluding tert-OH is 1. The van der Waals surface area contributed by atoms with Crippen molar-refractivity contribution in [3.05, 3.63) is 47.0 Å². The van der Waals surface area contributed by atoms with Crippen LogP contribution in [0.3, 0.4) is 0 Å². The predicted molar refractivity (Wildman–Crippen MR) is 117 cm³/mol. The van der Waals surface area contributed by atoms with Crippen molar-refractivity contribution in [3.8, 4) is 22.7 Å². The Labute approximate surface area is 181 Å². The predicted octanol–water partition coefficient (Wildman–Crippen LogP) is 4.17. The maximum absolute atomic E-state index is 13.5. The summed E-state index contributed by atoms with van der Waals surface area (Å²) in [6.45, 7) is 4.89. The summed E-state index contributed by atoms with van der Waals surface area (Å²) in [5, 5.41) is 18.5. The first-order valence-electron chi connectivity index (χ1n) is 10.3. The molecule has 0 radical (unpaired) electrons. The van der Waals surface area contributed by atoms with Gasteiger partial charge in [-0.15, -0.1) is 0 Å². The number of halogens is 1. The number of rotatable bonds is 6. The third-order valence-electron chi connectivity index (χ3n) is 5.36. The number of hydrogen-bond donors (Lipinski definition) is 3. The largest absolute Gasteiger partial charge is 0.481 e. The minimum absolute atomic E-state index is 0.103. The Kier molecular flexibility index (Phi) is 7.06. The second-order valence-electron chi connectivity index (χ2n) is 8.22. The highest BCUT2D eigenvalue weighted by Gasteiger charge is 2.27. The Morgan fingerprint density at radius 1 is 1.26 bits per heavy atom. The van der Waals surface area contributed by atoms with Gasteiger partial charge in [0.1, 0.15) is 5.82 Å². The lowest BCUT2D eigenvalue weighted by Gasteiger charge is -2.20. The van der Waals surface area contributed by atoms with Crippen LogP contribution >= 0.6 is 7.37 Å². The number of nitrogens with zero attached hydrogens (tertiary/aromatic N) is 1. The van der Waals surface area contributed by atoms with Crippen LogP contribution in [0.5, 0.6) is 0 Å². The van der Waals surface area contributed by atoms with Crippen molar-refractivity contribution in [2.45, 2.75) is 58.1 Å². The molecule has 2 atom stereocenters. The highest BCUT2D eigenvalue weighted by Crippen LogP contribution is 2.42. The highest BCUT2D eigenvalue weighted by atomic mass is 31.2. The second-order valence-corrected chi connectivity index (χ2v) is 10.2. The summed E-state index contributed by atoms with van der Waals surface area (Å²) < 4.78 is 28.3. The molecule has 3 rings (SSSR count). The summed E-state index contributed by atoms with van der Waals surface area (Å²) in [7, 11) is -4.09. The smallest absolute Gasteiger partial charge is 0.305 e. The maximum atomic E-state index is 13.5. The van der Waals surface area contributed by atoms with E-state index >= 15 is 0 Å². The lowest BCUT2D eigenvalue weighted by atomic mass is 9.96. The molecule has 1 aliphatic rings. The molecule has 1 aromatic heterocycles. The number of carboxylic acids is 1. The molecule has 166 valence electrons. The van der Waals surface area contributed by atoms with Gasteiger partial charge in [0, 0.05) is 23.5 Å². The Bertz CT molecular complexity index is 1080. The fourth-order valence-corrected chi connectivity index (χ4v) is 5.24. The number of aliphatic carboxylic acids is 1. The standard InChI is InChI=1S/C23H27FNO5P/c1-15(2)23-19(10-12-31(29,30)14-18(26)13-21(27)28)22(16-6-8-17(24)9-7-16)20-5-3-4-11-25(20)23/h6-9,15,18,26H,3-5,11,13-14H2,1-2H3,(H,27,28)(H,29,30). The number of aliphatic hydroxyl groups is 1. The summed E-state index contributed by atoms with van der Waals surface area (Å²) in [5.74, 6) is 1.40. The zero-order chi connectivity index (χ0) is 22.8. The molecule has 0 saturated carbocycles. The third-order valence-corrected chi connectivity index (χ3v) is 6.74. The molecule has 0 saturated heterocycles. The molecule has 1 aliphatic heterocycles. The van der Waals surface area contributed by atoms with Gasteiger partial charge in [-0.1, -0.05) is 31.9 Å². The molecule has 8 heteroatoms. The van der Waals surface area contributed by atoms with E-state index in [-0.39, 0.29) is 11.7 Å². The lowest BCUT2D eigenvalue weighted by Crippen LogP contribution is -2.17. The van der Waals surface area contributed by atoms with Crippen molar-refractivity contribution in [1.82, 2.24) is 4.57 Å². The van der Waals surface area contributed by atoms with Crippen LogP contribution in [-0.4, -0.2) is 37.9 Å². The molecule has 0 spiro atoms.